The highest BCUT2D eigenvalue weighted by Crippen LogP contribution is 2.43. The Hall–Kier alpha value is -3.67. The summed E-state index contributed by atoms with van der Waals surface area (Å²) < 4.78 is 12.9. The molecule has 0 spiro atoms. The van der Waals surface area contributed by atoms with Crippen molar-refractivity contribution in [1.82, 2.24) is 24.6 Å². The fourth-order valence-electron chi connectivity index (χ4n) is 4.49. The lowest BCUT2D eigenvalue weighted by Gasteiger charge is -2.33. The standard InChI is InChI=1S/C26H31ClN8O3/c1-4-22(36)29-20-6-7-21(37-3)23(24(20)34-10-12-38-13-11-34)30-26-28-14-19(27)25(31-26)35-16-18(17(2)32-35)15-33-8-5-9-33/h4,6-7,14,16H,1,5,8-13,15H2,2-3H3,(H,29,36)(H,28,30,31). The predicted octanol–water partition coefficient (Wildman–Crippen LogP) is 3.54. The summed E-state index contributed by atoms with van der Waals surface area (Å²) in [4.78, 5) is 25.9. The van der Waals surface area contributed by atoms with Gasteiger partial charge in [0.1, 0.15) is 16.5 Å². The molecule has 12 heteroatoms. The molecule has 0 bridgehead atoms. The summed E-state index contributed by atoms with van der Waals surface area (Å²) in [6.45, 7) is 11.0. The van der Waals surface area contributed by atoms with Crippen molar-refractivity contribution < 1.29 is 14.3 Å². The van der Waals surface area contributed by atoms with Gasteiger partial charge in [0.05, 0.1) is 43.6 Å². The van der Waals surface area contributed by atoms with Crippen molar-refractivity contribution in [2.24, 2.45) is 0 Å². The molecule has 2 saturated heterocycles. The number of morpholine rings is 1. The molecule has 4 heterocycles. The van der Waals surface area contributed by atoms with Crippen LogP contribution >= 0.6 is 11.6 Å². The third kappa shape index (κ3) is 5.45. The molecule has 0 radical (unpaired) electrons. The number of aromatic nitrogens is 4. The Morgan fingerprint density at radius 1 is 1.26 bits per heavy atom. The van der Waals surface area contributed by atoms with E-state index < -0.39 is 0 Å². The van der Waals surface area contributed by atoms with Gasteiger partial charge in [-0.2, -0.15) is 10.1 Å². The number of hydrogen-bond donors (Lipinski definition) is 2. The lowest BCUT2D eigenvalue weighted by atomic mass is 10.1. The van der Waals surface area contributed by atoms with Crippen molar-refractivity contribution in [3.63, 3.8) is 0 Å². The molecule has 0 aliphatic carbocycles. The molecule has 0 saturated carbocycles. The second-order valence-corrected chi connectivity index (χ2v) is 9.54. The number of amides is 1. The minimum atomic E-state index is -0.316. The second kappa shape index (κ2) is 11.4. The van der Waals surface area contributed by atoms with Gasteiger partial charge in [-0.05, 0) is 44.6 Å². The maximum atomic E-state index is 12.2. The van der Waals surface area contributed by atoms with Gasteiger partial charge in [0, 0.05) is 31.4 Å². The number of likely N-dealkylation sites (tertiary alicyclic amines) is 1. The maximum absolute atomic E-state index is 12.2. The monoisotopic (exact) mass is 538 g/mol. The molecule has 5 rings (SSSR count). The quantitative estimate of drug-likeness (QED) is 0.395. The van der Waals surface area contributed by atoms with Crippen LogP contribution in [0.2, 0.25) is 5.02 Å². The molecule has 1 amide bonds. The number of aryl methyl sites for hydroxylation is 1. The first-order valence-corrected chi connectivity index (χ1v) is 12.9. The van der Waals surface area contributed by atoms with E-state index in [-0.39, 0.29) is 5.91 Å². The molecule has 0 atom stereocenters. The lowest BCUT2D eigenvalue weighted by Crippen LogP contribution is -2.37. The normalized spacial score (nSPS) is 15.6. The summed E-state index contributed by atoms with van der Waals surface area (Å²) in [7, 11) is 1.59. The average Bonchev–Trinajstić information content (AvgIpc) is 3.27. The zero-order valence-electron chi connectivity index (χ0n) is 21.5. The molecular weight excluding hydrogens is 508 g/mol. The van der Waals surface area contributed by atoms with E-state index >= 15 is 0 Å². The van der Waals surface area contributed by atoms with Crippen molar-refractivity contribution >= 4 is 40.5 Å². The van der Waals surface area contributed by atoms with Gasteiger partial charge in [-0.15, -0.1) is 0 Å². The molecule has 2 fully saturated rings. The Labute approximate surface area is 226 Å². The van der Waals surface area contributed by atoms with Crippen LogP contribution in [0.3, 0.4) is 0 Å². The van der Waals surface area contributed by atoms with E-state index in [2.05, 4.69) is 37.1 Å². The molecule has 0 unspecified atom stereocenters. The largest absolute Gasteiger partial charge is 0.494 e. The fraction of sp³-hybridized carbons (Fsp3) is 0.385. The summed E-state index contributed by atoms with van der Waals surface area (Å²) in [5.74, 6) is 1.02. The van der Waals surface area contributed by atoms with E-state index in [0.717, 1.165) is 36.6 Å². The van der Waals surface area contributed by atoms with Gasteiger partial charge < -0.3 is 25.0 Å². The summed E-state index contributed by atoms with van der Waals surface area (Å²) in [6.07, 6.45) is 5.98. The first kappa shape index (κ1) is 26.0. The number of anilines is 4. The number of halogens is 1. The van der Waals surface area contributed by atoms with Crippen molar-refractivity contribution in [3.8, 4) is 11.6 Å². The van der Waals surface area contributed by atoms with Crippen LogP contribution in [0.1, 0.15) is 17.7 Å². The SMILES string of the molecule is C=CC(=O)Nc1ccc(OC)c(Nc2ncc(Cl)c(-n3cc(CN4CCC4)c(C)n3)n2)c1N1CCOCC1. The molecule has 2 N–H and O–H groups in total. The highest BCUT2D eigenvalue weighted by Gasteiger charge is 2.24. The smallest absolute Gasteiger partial charge is 0.247 e. The number of carbonyl (C=O) groups excluding carboxylic acids is 1. The van der Waals surface area contributed by atoms with Crippen LogP contribution in [-0.2, 0) is 16.1 Å². The fourth-order valence-corrected chi connectivity index (χ4v) is 4.67. The number of nitrogens with one attached hydrogen (secondary N) is 2. The van der Waals surface area contributed by atoms with Gasteiger partial charge >= 0.3 is 0 Å². The van der Waals surface area contributed by atoms with Crippen molar-refractivity contribution in [3.05, 3.63) is 53.5 Å². The van der Waals surface area contributed by atoms with E-state index in [0.29, 0.717) is 60.2 Å². The molecule has 2 aromatic heterocycles. The molecule has 200 valence electrons. The number of carbonyl (C=O) groups is 1. The van der Waals surface area contributed by atoms with E-state index in [1.165, 1.54) is 12.5 Å². The first-order valence-electron chi connectivity index (χ1n) is 12.5. The zero-order chi connectivity index (χ0) is 26.6. The number of hydrogen-bond acceptors (Lipinski definition) is 9. The number of rotatable bonds is 9. The Morgan fingerprint density at radius 2 is 2.05 bits per heavy atom. The molecule has 1 aromatic carbocycles. The topological polar surface area (TPSA) is 110 Å². The second-order valence-electron chi connectivity index (χ2n) is 9.14. The predicted molar refractivity (Wildman–Crippen MR) is 147 cm³/mol. The Morgan fingerprint density at radius 3 is 2.74 bits per heavy atom. The van der Waals surface area contributed by atoms with Crippen molar-refractivity contribution in [1.29, 1.82) is 0 Å². The van der Waals surface area contributed by atoms with Gasteiger partial charge in [-0.25, -0.2) is 9.67 Å². The average molecular weight is 539 g/mol. The van der Waals surface area contributed by atoms with Crippen LogP contribution in [0, 0.1) is 6.92 Å². The summed E-state index contributed by atoms with van der Waals surface area (Å²) in [5, 5.41) is 11.3. The highest BCUT2D eigenvalue weighted by atomic mass is 35.5. The first-order chi connectivity index (χ1) is 18.5. The number of methoxy groups -OCH3 is 1. The van der Waals surface area contributed by atoms with Gasteiger partial charge in [0.25, 0.3) is 0 Å². The zero-order valence-corrected chi connectivity index (χ0v) is 22.3. The third-order valence-corrected chi connectivity index (χ3v) is 6.92. The molecule has 2 aliphatic rings. The van der Waals surface area contributed by atoms with Crippen molar-refractivity contribution in [2.45, 2.75) is 19.9 Å². The summed E-state index contributed by atoms with van der Waals surface area (Å²) >= 11 is 6.52. The van der Waals surface area contributed by atoms with Gasteiger partial charge in [0.2, 0.25) is 11.9 Å². The number of nitrogens with zero attached hydrogens (tertiary/aromatic N) is 6. The van der Waals surface area contributed by atoms with Gasteiger partial charge in [0.15, 0.2) is 5.82 Å². The molecule has 2 aliphatic heterocycles. The number of ether oxygens (including phenoxy) is 2. The van der Waals surface area contributed by atoms with Crippen LogP contribution in [0.25, 0.3) is 5.82 Å². The minimum Gasteiger partial charge on any atom is -0.494 e. The van der Waals surface area contributed by atoms with Gasteiger partial charge in [-0.3, -0.25) is 9.69 Å². The van der Waals surface area contributed by atoms with Gasteiger partial charge in [-0.1, -0.05) is 18.2 Å². The summed E-state index contributed by atoms with van der Waals surface area (Å²) in [5.41, 5.74) is 4.03. The van der Waals surface area contributed by atoms with E-state index in [1.54, 1.807) is 30.1 Å². The maximum Gasteiger partial charge on any atom is 0.247 e. The highest BCUT2D eigenvalue weighted by molar-refractivity contribution is 6.32. The molecule has 38 heavy (non-hydrogen) atoms. The van der Waals surface area contributed by atoms with Crippen LogP contribution in [-0.4, -0.2) is 77.1 Å². The minimum absolute atomic E-state index is 0.307. The van der Waals surface area contributed by atoms with E-state index in [4.69, 9.17) is 26.1 Å². The molecular formula is C26H31ClN8O3. The third-order valence-electron chi connectivity index (χ3n) is 6.65. The van der Waals surface area contributed by atoms with E-state index in [1.807, 2.05) is 13.1 Å². The lowest BCUT2D eigenvalue weighted by molar-refractivity contribution is -0.111. The van der Waals surface area contributed by atoms with Crippen LogP contribution in [0.15, 0.2) is 37.2 Å². The van der Waals surface area contributed by atoms with Crippen LogP contribution < -0.4 is 20.3 Å². The Bertz CT molecular complexity index is 1330. The van der Waals surface area contributed by atoms with Crippen LogP contribution in [0.4, 0.5) is 23.0 Å². The number of benzene rings is 1. The summed E-state index contributed by atoms with van der Waals surface area (Å²) in [6, 6.07) is 3.58. The van der Waals surface area contributed by atoms with Crippen LogP contribution in [0.5, 0.6) is 5.75 Å². The Kier molecular flexibility index (Phi) is 7.77. The van der Waals surface area contributed by atoms with Crippen molar-refractivity contribution in [2.75, 3.05) is 62.0 Å². The molecule has 3 aromatic rings. The van der Waals surface area contributed by atoms with E-state index in [9.17, 15) is 4.79 Å². The Balaban J connectivity index is 1.52. The molecule has 11 nitrogen and oxygen atoms in total.